The van der Waals surface area contributed by atoms with Crippen molar-refractivity contribution in [2.45, 2.75) is 180 Å². The van der Waals surface area contributed by atoms with Gasteiger partial charge in [0.15, 0.2) is 6.04 Å². The van der Waals surface area contributed by atoms with Crippen molar-refractivity contribution < 1.29 is 88.2 Å². The quantitative estimate of drug-likeness (QED) is 0.0338. The van der Waals surface area contributed by atoms with Gasteiger partial charge in [-0.2, -0.15) is 0 Å². The molecule has 0 fully saturated rings. The van der Waals surface area contributed by atoms with Crippen LogP contribution in [0.1, 0.15) is 112 Å². The Kier molecular flexibility index (Phi) is 28.9. The molecular weight excluding hydrogens is 1000 g/mol. The van der Waals surface area contributed by atoms with Gasteiger partial charge in [0, 0.05) is 25.7 Å². The van der Waals surface area contributed by atoms with E-state index in [1.165, 1.54) is 6.92 Å². The fourth-order valence-corrected chi connectivity index (χ4v) is 7.27. The van der Waals surface area contributed by atoms with Crippen LogP contribution in [0, 0.1) is 17.8 Å². The summed E-state index contributed by atoms with van der Waals surface area (Å²) in [5.74, 6) is -15.7. The lowest BCUT2D eigenvalue weighted by atomic mass is 9.96. The highest BCUT2D eigenvalue weighted by Crippen LogP contribution is 2.14. The standard InChI is InChI=1S/C49H77N9O18/c1-9-25(6)38(47(73)58-40(27(8)60)49(75)76)56-42(68)30(16-19-35(63)64)51-41(67)29(15-18-34(61)62)52-44(70)32(21-23(2)3)55-48(74)39(26(7)59)57-43(69)31(17-20-36(65)66)53-45(71)33(22-28-13-11-10-12-14-28)54-46(72)37(50)24(4)5/h10-14,23-27,29-33,37-40,59-60H,9,15-22,50H2,1-8H3,(H,51,67)(H,52,70)(H,53,71)(H,54,72)(H,55,74)(H,56,68)(H,57,69)(H,58,73)(H,61,62)(H,63,64)(H,65,66)(H,75,76)/t25-,26+,27+,29-,30-,31-,32-,33-,37-,38-,39-,40-/m0/s1. The monoisotopic (exact) mass is 1080 g/mol. The molecule has 27 nitrogen and oxygen atoms in total. The molecule has 0 radical (unpaired) electrons. The molecule has 0 heterocycles. The number of aliphatic carboxylic acids is 4. The van der Waals surface area contributed by atoms with E-state index in [0.717, 1.165) is 13.8 Å². The molecule has 0 saturated heterocycles. The Balaban J connectivity index is 3.55. The maximum atomic E-state index is 14.1. The highest BCUT2D eigenvalue weighted by Gasteiger charge is 2.38. The van der Waals surface area contributed by atoms with Gasteiger partial charge >= 0.3 is 23.9 Å². The number of carbonyl (C=O) groups excluding carboxylic acids is 8. The number of amides is 8. The van der Waals surface area contributed by atoms with E-state index >= 15 is 0 Å². The molecule has 0 spiro atoms. The molecule has 0 aliphatic rings. The first-order valence-electron chi connectivity index (χ1n) is 24.9. The van der Waals surface area contributed by atoms with Crippen molar-refractivity contribution >= 4 is 71.1 Å². The van der Waals surface area contributed by atoms with Crippen LogP contribution in [0.15, 0.2) is 30.3 Å². The minimum atomic E-state index is -1.90. The summed E-state index contributed by atoms with van der Waals surface area (Å²) in [7, 11) is 0. The van der Waals surface area contributed by atoms with Crippen LogP contribution >= 0.6 is 0 Å². The largest absolute Gasteiger partial charge is 0.481 e. The summed E-state index contributed by atoms with van der Waals surface area (Å²) in [6.45, 7) is 12.0. The Labute approximate surface area is 440 Å². The fourth-order valence-electron chi connectivity index (χ4n) is 7.27. The predicted octanol–water partition coefficient (Wildman–Crippen LogP) is -2.38. The Hall–Kier alpha value is -7.26. The van der Waals surface area contributed by atoms with Crippen LogP contribution in [0.25, 0.3) is 0 Å². The Morgan fingerprint density at radius 1 is 0.461 bits per heavy atom. The molecule has 1 aromatic carbocycles. The molecule has 16 N–H and O–H groups in total. The van der Waals surface area contributed by atoms with Gasteiger partial charge in [-0.1, -0.05) is 78.3 Å². The summed E-state index contributed by atoms with van der Waals surface area (Å²) in [5, 5.41) is 77.5. The van der Waals surface area contributed by atoms with Gasteiger partial charge in [-0.05, 0) is 62.8 Å². The van der Waals surface area contributed by atoms with E-state index in [1.54, 1.807) is 65.0 Å². The Morgan fingerprint density at radius 3 is 1.20 bits per heavy atom. The van der Waals surface area contributed by atoms with Crippen molar-refractivity contribution in [3.05, 3.63) is 35.9 Å². The predicted molar refractivity (Wildman–Crippen MR) is 269 cm³/mol. The fraction of sp³-hybridized carbons (Fsp3) is 0.633. The van der Waals surface area contributed by atoms with E-state index in [4.69, 9.17) is 5.73 Å². The minimum Gasteiger partial charge on any atom is -0.481 e. The molecule has 0 unspecified atom stereocenters. The number of carbonyl (C=O) groups is 12. The average Bonchev–Trinajstić information content (AvgIpc) is 3.33. The molecular formula is C49H77N9O18. The third kappa shape index (κ3) is 24.0. The van der Waals surface area contributed by atoms with Crippen LogP contribution in [0.3, 0.4) is 0 Å². The Morgan fingerprint density at radius 2 is 0.816 bits per heavy atom. The van der Waals surface area contributed by atoms with Gasteiger partial charge in [-0.15, -0.1) is 0 Å². The number of benzene rings is 1. The van der Waals surface area contributed by atoms with Gasteiger partial charge in [-0.25, -0.2) is 4.79 Å². The van der Waals surface area contributed by atoms with Crippen molar-refractivity contribution in [3.8, 4) is 0 Å². The first kappa shape index (κ1) is 66.8. The van der Waals surface area contributed by atoms with E-state index in [0.29, 0.717) is 5.56 Å². The number of hydrogen-bond donors (Lipinski definition) is 15. The summed E-state index contributed by atoms with van der Waals surface area (Å²) >= 11 is 0. The van der Waals surface area contributed by atoms with Crippen molar-refractivity contribution in [1.29, 1.82) is 0 Å². The number of carboxylic acid groups (broad SMARTS) is 4. The molecule has 76 heavy (non-hydrogen) atoms. The number of aliphatic hydroxyl groups is 2. The smallest absolute Gasteiger partial charge is 0.328 e. The molecule has 0 aromatic heterocycles. The van der Waals surface area contributed by atoms with Gasteiger partial charge in [0.1, 0.15) is 42.3 Å². The molecule has 0 bridgehead atoms. The molecule has 0 aliphatic carbocycles. The highest BCUT2D eigenvalue weighted by molar-refractivity contribution is 5.98. The van der Waals surface area contributed by atoms with E-state index in [9.17, 15) is 88.2 Å². The zero-order valence-corrected chi connectivity index (χ0v) is 44.0. The van der Waals surface area contributed by atoms with Crippen molar-refractivity contribution in [3.63, 3.8) is 0 Å². The van der Waals surface area contributed by atoms with Crippen molar-refractivity contribution in [2.24, 2.45) is 23.5 Å². The highest BCUT2D eigenvalue weighted by atomic mass is 16.4. The van der Waals surface area contributed by atoms with E-state index in [-0.39, 0.29) is 25.2 Å². The lowest BCUT2D eigenvalue weighted by Crippen LogP contribution is -2.62. The first-order valence-corrected chi connectivity index (χ1v) is 24.9. The summed E-state index contributed by atoms with van der Waals surface area (Å²) in [5.41, 5.74) is 6.62. The van der Waals surface area contributed by atoms with E-state index in [1.807, 2.05) is 0 Å². The van der Waals surface area contributed by atoms with Crippen LogP contribution in [-0.2, 0) is 64.0 Å². The van der Waals surface area contributed by atoms with Crippen molar-refractivity contribution in [2.75, 3.05) is 0 Å². The lowest BCUT2D eigenvalue weighted by Gasteiger charge is -2.30. The number of nitrogens with two attached hydrogens (primary N) is 1. The number of carboxylic acids is 4. The van der Waals surface area contributed by atoms with Gasteiger partial charge in [0.25, 0.3) is 0 Å². The third-order valence-corrected chi connectivity index (χ3v) is 12.0. The number of rotatable bonds is 35. The summed E-state index contributed by atoms with van der Waals surface area (Å²) in [4.78, 5) is 157. The zero-order valence-electron chi connectivity index (χ0n) is 44.0. The van der Waals surface area contributed by atoms with Crippen LogP contribution in [-0.4, -0.2) is 168 Å². The second-order valence-electron chi connectivity index (χ2n) is 19.4. The van der Waals surface area contributed by atoms with E-state index in [2.05, 4.69) is 42.5 Å². The minimum absolute atomic E-state index is 0.0863. The average molecular weight is 1080 g/mol. The van der Waals surface area contributed by atoms with Crippen molar-refractivity contribution in [1.82, 2.24) is 42.5 Å². The summed E-state index contributed by atoms with van der Waals surface area (Å²) < 4.78 is 0. The summed E-state index contributed by atoms with van der Waals surface area (Å²) in [6, 6.07) is -5.94. The van der Waals surface area contributed by atoms with Gasteiger partial charge < -0.3 is 78.9 Å². The molecule has 1 rings (SSSR count). The molecule has 12 atom stereocenters. The molecule has 426 valence electrons. The first-order chi connectivity index (χ1) is 35.4. The lowest BCUT2D eigenvalue weighted by molar-refractivity contribution is -0.145. The number of hydrogen-bond acceptors (Lipinski definition) is 15. The van der Waals surface area contributed by atoms with Crippen LogP contribution < -0.4 is 48.3 Å². The van der Waals surface area contributed by atoms with Gasteiger partial charge in [0.2, 0.25) is 47.3 Å². The van der Waals surface area contributed by atoms with Crippen LogP contribution in [0.5, 0.6) is 0 Å². The molecule has 1 aromatic rings. The SMILES string of the molecule is CC[C@H](C)[C@H](NC(=O)[C@H](CCC(=O)O)NC(=O)[C@H](CCC(=O)O)NC(=O)[C@H](CC(C)C)NC(=O)[C@@H](NC(=O)[C@H](CCC(=O)O)NC(=O)[C@H](Cc1ccccc1)NC(=O)[C@@H](N)C(C)C)[C@@H](C)O)C(=O)N[C@H](C(=O)O)[C@@H](C)O. The van der Waals surface area contributed by atoms with Gasteiger partial charge in [0.05, 0.1) is 18.2 Å². The maximum absolute atomic E-state index is 14.1. The van der Waals surface area contributed by atoms with Crippen LogP contribution in [0.2, 0.25) is 0 Å². The molecule has 0 saturated carbocycles. The molecule has 0 aliphatic heterocycles. The topological polar surface area (TPSA) is 448 Å². The second-order valence-corrected chi connectivity index (χ2v) is 19.4. The Bertz CT molecular complexity index is 2180. The number of aliphatic hydroxyl groups excluding tert-OH is 2. The molecule has 8 amide bonds. The molecule has 27 heteroatoms. The second kappa shape index (κ2) is 32.9. The van der Waals surface area contributed by atoms with E-state index < -0.39 is 188 Å². The number of nitrogens with one attached hydrogen (secondary N) is 8. The maximum Gasteiger partial charge on any atom is 0.328 e. The zero-order chi connectivity index (χ0) is 58.1. The van der Waals surface area contributed by atoms with Crippen LogP contribution in [0.4, 0.5) is 0 Å². The normalized spacial score (nSPS) is 16.0. The third-order valence-electron chi connectivity index (χ3n) is 12.0. The summed E-state index contributed by atoms with van der Waals surface area (Å²) in [6.07, 6.45) is -7.27. The van der Waals surface area contributed by atoms with Gasteiger partial charge in [-0.3, -0.25) is 52.7 Å².